The lowest BCUT2D eigenvalue weighted by molar-refractivity contribution is -0.384. The van der Waals surface area contributed by atoms with Gasteiger partial charge in [-0.15, -0.1) is 0 Å². The number of rotatable bonds is 8. The molecule has 0 unspecified atom stereocenters. The largest absolute Gasteiger partial charge is 0.371 e. The van der Waals surface area contributed by atoms with Gasteiger partial charge >= 0.3 is 0 Å². The number of carbonyl (C=O) groups excluding carboxylic acids is 2. The zero-order valence-corrected chi connectivity index (χ0v) is 19.5. The molecule has 0 spiro atoms. The van der Waals surface area contributed by atoms with Gasteiger partial charge in [0, 0.05) is 49.8 Å². The van der Waals surface area contributed by atoms with Gasteiger partial charge in [-0.3, -0.25) is 24.4 Å². The minimum Gasteiger partial charge on any atom is -0.371 e. The number of aromatic nitrogens is 2. The number of benzene rings is 2. The number of carbonyl (C=O) groups is 2. The minimum absolute atomic E-state index is 0.0960. The lowest BCUT2D eigenvalue weighted by Crippen LogP contribution is -2.35. The van der Waals surface area contributed by atoms with Gasteiger partial charge in [0.05, 0.1) is 16.2 Å². The third kappa shape index (κ3) is 6.23. The molecule has 10 heteroatoms. The van der Waals surface area contributed by atoms with Gasteiger partial charge in [0.1, 0.15) is 6.54 Å². The summed E-state index contributed by atoms with van der Waals surface area (Å²) in [5, 5.41) is 21.0. The van der Waals surface area contributed by atoms with Gasteiger partial charge in [0.15, 0.2) is 0 Å². The van der Waals surface area contributed by atoms with Crippen molar-refractivity contribution in [2.75, 3.05) is 23.3 Å². The van der Waals surface area contributed by atoms with Crippen LogP contribution in [-0.2, 0) is 17.9 Å². The monoisotopic (exact) mass is 476 g/mol. The summed E-state index contributed by atoms with van der Waals surface area (Å²) in [6, 6.07) is 13.4. The van der Waals surface area contributed by atoms with Crippen molar-refractivity contribution in [3.8, 4) is 0 Å². The van der Waals surface area contributed by atoms with Crippen molar-refractivity contribution in [1.82, 2.24) is 15.1 Å². The second kappa shape index (κ2) is 10.8. The second-order valence-electron chi connectivity index (χ2n) is 8.76. The zero-order valence-electron chi connectivity index (χ0n) is 19.5. The van der Waals surface area contributed by atoms with E-state index in [1.807, 2.05) is 6.07 Å². The van der Waals surface area contributed by atoms with E-state index in [1.54, 1.807) is 42.7 Å². The molecule has 0 radical (unpaired) electrons. The molecular formula is C25H28N6O4. The van der Waals surface area contributed by atoms with E-state index in [9.17, 15) is 19.7 Å². The molecule has 2 amide bonds. The molecule has 1 aliphatic heterocycles. The molecule has 1 aromatic heterocycles. The fourth-order valence-electron chi connectivity index (χ4n) is 4.12. The molecule has 2 heterocycles. The van der Waals surface area contributed by atoms with E-state index >= 15 is 0 Å². The molecule has 3 aromatic rings. The molecule has 1 fully saturated rings. The number of nitro groups is 1. The van der Waals surface area contributed by atoms with Crippen LogP contribution in [-0.4, -0.2) is 39.6 Å². The van der Waals surface area contributed by atoms with Crippen LogP contribution >= 0.6 is 0 Å². The summed E-state index contributed by atoms with van der Waals surface area (Å²) in [5.74, 6) is 0.0244. The quantitative estimate of drug-likeness (QED) is 0.378. The molecule has 10 nitrogen and oxygen atoms in total. The first-order valence-corrected chi connectivity index (χ1v) is 11.6. The number of amides is 2. The Kier molecular flexibility index (Phi) is 7.39. The Balaban J connectivity index is 1.44. The first-order valence-electron chi connectivity index (χ1n) is 11.6. The lowest BCUT2D eigenvalue weighted by Gasteiger charge is -2.33. The number of anilines is 2. The van der Waals surface area contributed by atoms with Crippen molar-refractivity contribution in [2.45, 2.75) is 32.9 Å². The number of non-ortho nitro benzene ring substituents is 1. The Hall–Kier alpha value is -4.21. The summed E-state index contributed by atoms with van der Waals surface area (Å²) >= 11 is 0. The van der Waals surface area contributed by atoms with Crippen molar-refractivity contribution in [1.29, 1.82) is 0 Å². The third-order valence-corrected chi connectivity index (χ3v) is 6.09. The smallest absolute Gasteiger partial charge is 0.270 e. The maximum Gasteiger partial charge on any atom is 0.270 e. The molecule has 0 atom stereocenters. The summed E-state index contributed by atoms with van der Waals surface area (Å²) in [6.45, 7) is 4.12. The first-order chi connectivity index (χ1) is 16.9. The summed E-state index contributed by atoms with van der Waals surface area (Å²) in [6.07, 6.45) is 5.33. The molecule has 2 aromatic carbocycles. The standard InChI is InChI=1S/C25H28N6O4/c1-18-8-12-29(13-9-18)23-7-6-21(31(34)35)15-22(23)25(33)26-16-19-4-2-5-20(14-19)28-24(32)17-30-11-3-10-27-30/h2-7,10-11,14-15,18H,8-9,12-13,16-17H2,1H3,(H,26,33)(H,28,32). The topological polar surface area (TPSA) is 122 Å². The Morgan fingerprint density at radius 1 is 1.14 bits per heavy atom. The molecular weight excluding hydrogens is 448 g/mol. The van der Waals surface area contributed by atoms with E-state index in [1.165, 1.54) is 16.8 Å². The number of piperidine rings is 1. The van der Waals surface area contributed by atoms with Gasteiger partial charge in [-0.05, 0) is 48.6 Å². The van der Waals surface area contributed by atoms with Gasteiger partial charge in [0.25, 0.3) is 11.6 Å². The number of hydrogen-bond acceptors (Lipinski definition) is 6. The molecule has 182 valence electrons. The van der Waals surface area contributed by atoms with E-state index in [2.05, 4.69) is 27.6 Å². The van der Waals surface area contributed by atoms with Gasteiger partial charge in [0.2, 0.25) is 5.91 Å². The van der Waals surface area contributed by atoms with E-state index in [0.29, 0.717) is 17.3 Å². The van der Waals surface area contributed by atoms with Gasteiger partial charge < -0.3 is 15.5 Å². The molecule has 35 heavy (non-hydrogen) atoms. The number of nitrogens with zero attached hydrogens (tertiary/aromatic N) is 4. The van der Waals surface area contributed by atoms with Crippen LogP contribution in [0.5, 0.6) is 0 Å². The Labute approximate surface area is 203 Å². The Bertz CT molecular complexity index is 1200. The average Bonchev–Trinajstić information content (AvgIpc) is 3.35. The third-order valence-electron chi connectivity index (χ3n) is 6.09. The van der Waals surface area contributed by atoms with Crippen LogP contribution < -0.4 is 15.5 Å². The lowest BCUT2D eigenvalue weighted by atomic mass is 9.98. The van der Waals surface area contributed by atoms with Crippen molar-refractivity contribution >= 4 is 28.9 Å². The average molecular weight is 477 g/mol. The van der Waals surface area contributed by atoms with Crippen LogP contribution in [0, 0.1) is 16.0 Å². The van der Waals surface area contributed by atoms with Gasteiger partial charge in [-0.2, -0.15) is 5.10 Å². The van der Waals surface area contributed by atoms with Crippen LogP contribution in [0.3, 0.4) is 0 Å². The van der Waals surface area contributed by atoms with Crippen LogP contribution in [0.25, 0.3) is 0 Å². The number of hydrogen-bond donors (Lipinski definition) is 2. The highest BCUT2D eigenvalue weighted by atomic mass is 16.6. The van der Waals surface area contributed by atoms with Crippen molar-refractivity contribution in [3.63, 3.8) is 0 Å². The van der Waals surface area contributed by atoms with Gasteiger partial charge in [-0.25, -0.2) is 0 Å². The van der Waals surface area contributed by atoms with Crippen LogP contribution in [0.15, 0.2) is 60.9 Å². The molecule has 0 aliphatic carbocycles. The second-order valence-corrected chi connectivity index (χ2v) is 8.76. The van der Waals surface area contributed by atoms with Crippen molar-refractivity contribution < 1.29 is 14.5 Å². The van der Waals surface area contributed by atoms with Crippen LogP contribution in [0.2, 0.25) is 0 Å². The number of nitrogens with one attached hydrogen (secondary N) is 2. The van der Waals surface area contributed by atoms with E-state index < -0.39 is 4.92 Å². The Morgan fingerprint density at radius 2 is 1.94 bits per heavy atom. The molecule has 4 rings (SSSR count). The SMILES string of the molecule is CC1CCN(c2ccc([N+](=O)[O-])cc2C(=O)NCc2cccc(NC(=O)Cn3cccn3)c2)CC1. The molecule has 1 saturated heterocycles. The van der Waals surface area contributed by atoms with E-state index in [-0.39, 0.29) is 36.2 Å². The first kappa shape index (κ1) is 23.9. The maximum atomic E-state index is 13.1. The van der Waals surface area contributed by atoms with E-state index in [0.717, 1.165) is 31.5 Å². The highest BCUT2D eigenvalue weighted by Crippen LogP contribution is 2.29. The normalized spacial score (nSPS) is 13.9. The maximum absolute atomic E-state index is 13.1. The molecule has 0 saturated carbocycles. The number of nitro benzene ring substituents is 1. The van der Waals surface area contributed by atoms with Crippen LogP contribution in [0.4, 0.5) is 17.1 Å². The fraction of sp³-hybridized carbons (Fsp3) is 0.320. The van der Waals surface area contributed by atoms with Gasteiger partial charge in [-0.1, -0.05) is 19.1 Å². The van der Waals surface area contributed by atoms with E-state index in [4.69, 9.17) is 0 Å². The van der Waals surface area contributed by atoms with Crippen molar-refractivity contribution in [3.05, 3.63) is 82.2 Å². The summed E-state index contributed by atoms with van der Waals surface area (Å²) in [5.41, 5.74) is 2.27. The molecule has 2 N–H and O–H groups in total. The summed E-state index contributed by atoms with van der Waals surface area (Å²) in [4.78, 5) is 38.3. The van der Waals surface area contributed by atoms with Crippen LogP contribution in [0.1, 0.15) is 35.7 Å². The summed E-state index contributed by atoms with van der Waals surface area (Å²) in [7, 11) is 0. The van der Waals surface area contributed by atoms with Crippen molar-refractivity contribution in [2.24, 2.45) is 5.92 Å². The fourth-order valence-corrected chi connectivity index (χ4v) is 4.12. The Morgan fingerprint density at radius 3 is 2.66 bits per heavy atom. The highest BCUT2D eigenvalue weighted by Gasteiger charge is 2.23. The predicted octanol–water partition coefficient (Wildman–Crippen LogP) is 3.60. The predicted molar refractivity (Wildman–Crippen MR) is 132 cm³/mol. The zero-order chi connectivity index (χ0) is 24.8. The minimum atomic E-state index is -0.492. The molecule has 1 aliphatic rings. The molecule has 0 bridgehead atoms. The highest BCUT2D eigenvalue weighted by molar-refractivity contribution is 6.00. The summed E-state index contributed by atoms with van der Waals surface area (Å²) < 4.78 is 1.53.